The molecule has 0 radical (unpaired) electrons. The van der Waals surface area contributed by atoms with Gasteiger partial charge in [0.2, 0.25) is 11.6 Å². The minimum Gasteiger partial charge on any atom is -0.507 e. The first-order valence-corrected chi connectivity index (χ1v) is 11.2. The Balaban J connectivity index is 1.65. The minimum absolute atomic E-state index is 0.190. The number of unbranched alkanes of at least 4 members (excludes halogenated alkanes) is 1. The van der Waals surface area contributed by atoms with E-state index in [-0.39, 0.29) is 16.8 Å². The van der Waals surface area contributed by atoms with Crippen LogP contribution in [0.1, 0.15) is 57.2 Å². The number of rotatable bonds is 9. The number of ketones is 2. The van der Waals surface area contributed by atoms with Crippen molar-refractivity contribution in [2.45, 2.75) is 26.2 Å². The van der Waals surface area contributed by atoms with Gasteiger partial charge in [-0.1, -0.05) is 25.5 Å². The zero-order chi connectivity index (χ0) is 25.1. The molecule has 0 fully saturated rings. The van der Waals surface area contributed by atoms with E-state index in [2.05, 4.69) is 12.2 Å². The molecule has 4 rings (SSSR count). The lowest BCUT2D eigenvalue weighted by Crippen LogP contribution is -2.23. The Morgan fingerprint density at radius 3 is 2.14 bits per heavy atom. The molecule has 3 aromatic rings. The summed E-state index contributed by atoms with van der Waals surface area (Å²) in [6.07, 6.45) is 2.85. The summed E-state index contributed by atoms with van der Waals surface area (Å²) in [5.74, 6) is -2.73. The number of aromatic hydroxyl groups is 2. The minimum atomic E-state index is -0.865. The van der Waals surface area contributed by atoms with Crippen molar-refractivity contribution in [3.05, 3.63) is 86.5 Å². The predicted octanol–water partition coefficient (Wildman–Crippen LogP) is 4.88. The van der Waals surface area contributed by atoms with Crippen LogP contribution >= 0.6 is 0 Å². The summed E-state index contributed by atoms with van der Waals surface area (Å²) in [4.78, 5) is 37.3. The quantitative estimate of drug-likeness (QED) is 0.134. The summed E-state index contributed by atoms with van der Waals surface area (Å²) in [6.45, 7) is 3.45. The fourth-order valence-electron chi connectivity index (χ4n) is 4.05. The maximum absolute atomic E-state index is 13.4. The Bertz CT molecular complexity index is 1320. The van der Waals surface area contributed by atoms with Gasteiger partial charge in [0.05, 0.1) is 33.9 Å². The van der Waals surface area contributed by atoms with Gasteiger partial charge in [-0.05, 0) is 48.7 Å². The van der Waals surface area contributed by atoms with Gasteiger partial charge in [-0.15, -0.1) is 0 Å². The maximum atomic E-state index is 13.4. The number of carbonyl (C=O) groups is 2. The van der Waals surface area contributed by atoms with Gasteiger partial charge in [-0.2, -0.15) is 0 Å². The van der Waals surface area contributed by atoms with Gasteiger partial charge in [0.25, 0.3) is 5.69 Å². The van der Waals surface area contributed by atoms with Crippen LogP contribution in [-0.2, 0) is 11.2 Å². The largest absolute Gasteiger partial charge is 0.507 e. The van der Waals surface area contributed by atoms with Crippen molar-refractivity contribution in [3.63, 3.8) is 0 Å². The van der Waals surface area contributed by atoms with Crippen molar-refractivity contribution in [1.29, 1.82) is 0 Å². The van der Waals surface area contributed by atoms with Crippen LogP contribution in [-0.4, -0.2) is 39.9 Å². The molecule has 3 N–H and O–H groups in total. The van der Waals surface area contributed by atoms with Gasteiger partial charge in [0, 0.05) is 18.4 Å². The van der Waals surface area contributed by atoms with Crippen LogP contribution in [0.25, 0.3) is 0 Å². The molecule has 9 nitrogen and oxygen atoms in total. The molecule has 1 aliphatic carbocycles. The van der Waals surface area contributed by atoms with E-state index in [9.17, 15) is 29.9 Å². The van der Waals surface area contributed by atoms with Crippen LogP contribution < -0.4 is 5.32 Å². The number of nitro benzene ring substituents is 1. The molecule has 0 unspecified atom stereocenters. The van der Waals surface area contributed by atoms with Crippen molar-refractivity contribution >= 4 is 28.6 Å². The topological polar surface area (TPSA) is 139 Å². The molecule has 180 valence electrons. The van der Waals surface area contributed by atoms with E-state index in [1.807, 2.05) is 12.1 Å². The highest BCUT2D eigenvalue weighted by molar-refractivity contribution is 6.33. The van der Waals surface area contributed by atoms with Crippen LogP contribution in [0.4, 0.5) is 17.1 Å². The van der Waals surface area contributed by atoms with E-state index in [0.717, 1.165) is 43.6 Å². The van der Waals surface area contributed by atoms with Crippen molar-refractivity contribution in [3.8, 4) is 11.5 Å². The Labute approximate surface area is 201 Å². The second kappa shape index (κ2) is 9.94. The number of hydrogen-bond donors (Lipinski definition) is 3. The van der Waals surface area contributed by atoms with Crippen LogP contribution in [0.3, 0.4) is 0 Å². The maximum Gasteiger partial charge on any atom is 0.281 e. The van der Waals surface area contributed by atoms with E-state index >= 15 is 0 Å². The van der Waals surface area contributed by atoms with Crippen LogP contribution in [0.5, 0.6) is 11.5 Å². The summed E-state index contributed by atoms with van der Waals surface area (Å²) >= 11 is 0. The van der Waals surface area contributed by atoms with Crippen molar-refractivity contribution < 1.29 is 29.5 Å². The summed E-state index contributed by atoms with van der Waals surface area (Å²) in [7, 11) is 0. The molecule has 0 bridgehead atoms. The zero-order valence-electron chi connectivity index (χ0n) is 19.0. The predicted molar refractivity (Wildman–Crippen MR) is 129 cm³/mol. The van der Waals surface area contributed by atoms with E-state index in [1.165, 1.54) is 12.1 Å². The molecule has 0 aliphatic heterocycles. The van der Waals surface area contributed by atoms with Crippen molar-refractivity contribution in [2.24, 2.45) is 0 Å². The lowest BCUT2D eigenvalue weighted by atomic mass is 9.81. The van der Waals surface area contributed by atoms with Gasteiger partial charge < -0.3 is 20.3 Å². The SMILES string of the molecule is CCCCOCCc1ccc(Nc2ccc(O)c3c2C(=O)c2c([N+](=O)[O-])ccc(O)c2C3=O)cc1. The molecule has 0 aromatic heterocycles. The lowest BCUT2D eigenvalue weighted by molar-refractivity contribution is -0.385. The highest BCUT2D eigenvalue weighted by atomic mass is 16.6. The number of nitrogens with zero attached hydrogens (tertiary/aromatic N) is 1. The van der Waals surface area contributed by atoms with E-state index < -0.39 is 44.8 Å². The van der Waals surface area contributed by atoms with Gasteiger partial charge >= 0.3 is 0 Å². The average molecular weight is 476 g/mol. The highest BCUT2D eigenvalue weighted by Crippen LogP contribution is 2.43. The molecule has 0 saturated carbocycles. The van der Waals surface area contributed by atoms with Crippen molar-refractivity contribution in [2.75, 3.05) is 18.5 Å². The third-order valence-corrected chi connectivity index (χ3v) is 5.86. The molecule has 3 aromatic carbocycles. The second-order valence-corrected chi connectivity index (χ2v) is 8.19. The number of hydrogen-bond acceptors (Lipinski definition) is 8. The number of anilines is 2. The van der Waals surface area contributed by atoms with Gasteiger partial charge in [-0.3, -0.25) is 19.7 Å². The standard InChI is InChI=1S/C26H24N2O7/c1-2-3-13-35-14-12-15-4-6-16(7-5-15)27-17-8-10-19(29)23-21(17)25(31)22-18(28(33)34)9-11-20(30)24(22)26(23)32/h4-11,27,29-30H,2-3,12-14H2,1H3. The number of nitrogens with one attached hydrogen (secondary N) is 1. The highest BCUT2D eigenvalue weighted by Gasteiger charge is 2.40. The smallest absolute Gasteiger partial charge is 0.281 e. The summed E-state index contributed by atoms with van der Waals surface area (Å²) in [5, 5.41) is 35.2. The molecule has 9 heteroatoms. The monoisotopic (exact) mass is 476 g/mol. The molecular weight excluding hydrogens is 452 g/mol. The molecule has 0 atom stereocenters. The first-order valence-electron chi connectivity index (χ1n) is 11.2. The van der Waals surface area contributed by atoms with E-state index in [0.29, 0.717) is 12.3 Å². The second-order valence-electron chi connectivity index (χ2n) is 8.19. The molecule has 0 heterocycles. The lowest BCUT2D eigenvalue weighted by Gasteiger charge is -2.22. The van der Waals surface area contributed by atoms with Crippen LogP contribution in [0, 0.1) is 10.1 Å². The molecule has 35 heavy (non-hydrogen) atoms. The van der Waals surface area contributed by atoms with Crippen molar-refractivity contribution in [1.82, 2.24) is 0 Å². The fraction of sp³-hybridized carbons (Fsp3) is 0.231. The number of phenols is 2. The fourth-order valence-corrected chi connectivity index (χ4v) is 4.05. The van der Waals surface area contributed by atoms with Gasteiger partial charge in [0.1, 0.15) is 17.1 Å². The third kappa shape index (κ3) is 4.58. The number of benzene rings is 3. The molecular formula is C26H24N2O7. The van der Waals surface area contributed by atoms with E-state index in [4.69, 9.17) is 4.74 Å². The number of carbonyl (C=O) groups excluding carboxylic acids is 2. The molecule has 0 amide bonds. The zero-order valence-corrected chi connectivity index (χ0v) is 19.0. The van der Waals surface area contributed by atoms with Gasteiger partial charge in [-0.25, -0.2) is 0 Å². The summed E-state index contributed by atoms with van der Waals surface area (Å²) in [5.41, 5.74) is -0.212. The number of nitro groups is 1. The molecule has 0 saturated heterocycles. The Kier molecular flexibility index (Phi) is 6.79. The van der Waals surface area contributed by atoms with Crippen LogP contribution in [0.15, 0.2) is 48.5 Å². The first-order chi connectivity index (χ1) is 16.8. The summed E-state index contributed by atoms with van der Waals surface area (Å²) in [6, 6.07) is 12.1. The Morgan fingerprint density at radius 1 is 0.857 bits per heavy atom. The summed E-state index contributed by atoms with van der Waals surface area (Å²) < 4.78 is 5.59. The number of ether oxygens (including phenoxy) is 1. The number of phenolic OH excluding ortho intramolecular Hbond substituents is 2. The normalized spacial score (nSPS) is 12.3. The average Bonchev–Trinajstić information content (AvgIpc) is 2.84. The third-order valence-electron chi connectivity index (χ3n) is 5.86. The Hall–Kier alpha value is -4.24. The number of fused-ring (bicyclic) bond motifs is 2. The van der Waals surface area contributed by atoms with Crippen LogP contribution in [0.2, 0.25) is 0 Å². The first kappa shape index (κ1) is 23.9. The Morgan fingerprint density at radius 2 is 1.49 bits per heavy atom. The molecule has 1 aliphatic rings. The molecule has 0 spiro atoms. The van der Waals surface area contributed by atoms with Gasteiger partial charge in [0.15, 0.2) is 0 Å². The van der Waals surface area contributed by atoms with E-state index in [1.54, 1.807) is 12.1 Å².